The number of hydrogen-bond donors (Lipinski definition) is 8. The summed E-state index contributed by atoms with van der Waals surface area (Å²) in [5, 5.41) is 83.8. The molecule has 0 radical (unpaired) electrons. The lowest BCUT2D eigenvalue weighted by molar-refractivity contribution is -0.277. The fourth-order valence-corrected chi connectivity index (χ4v) is 6.61. The van der Waals surface area contributed by atoms with Crippen molar-refractivity contribution in [1.82, 2.24) is 0 Å². The molecule has 0 bridgehead atoms. The first-order valence-corrected chi connectivity index (χ1v) is 16.4. The van der Waals surface area contributed by atoms with E-state index >= 15 is 0 Å². The van der Waals surface area contributed by atoms with Crippen LogP contribution in [-0.2, 0) is 9.47 Å². The number of fused-ring (bicyclic) bond motifs is 2. The summed E-state index contributed by atoms with van der Waals surface area (Å²) in [7, 11) is 0. The summed E-state index contributed by atoms with van der Waals surface area (Å²) in [4.78, 5) is 27.5. The molecular weight excluding hydrogens is 668 g/mol. The van der Waals surface area contributed by atoms with Crippen molar-refractivity contribution in [2.24, 2.45) is 0 Å². The summed E-state index contributed by atoms with van der Waals surface area (Å²) in [5.74, 6) is -1.84. The lowest BCUT2D eigenvalue weighted by Crippen LogP contribution is -2.60. The average Bonchev–Trinajstić information content (AvgIpc) is 3.13. The molecule has 3 aromatic carbocycles. The molecule has 0 spiro atoms. The third-order valence-electron chi connectivity index (χ3n) is 9.32. The van der Waals surface area contributed by atoms with Gasteiger partial charge in [0.05, 0.1) is 13.2 Å². The highest BCUT2D eigenvalue weighted by atomic mass is 16.7. The van der Waals surface area contributed by atoms with Gasteiger partial charge in [0.15, 0.2) is 11.6 Å². The molecule has 51 heavy (non-hydrogen) atoms. The Morgan fingerprint density at radius 1 is 0.725 bits per heavy atom. The van der Waals surface area contributed by atoms with Crippen LogP contribution in [0.4, 0.5) is 0 Å². The Morgan fingerprint density at radius 2 is 1.25 bits per heavy atom. The summed E-state index contributed by atoms with van der Waals surface area (Å²) in [5.41, 5.74) is 1.39. The summed E-state index contributed by atoms with van der Waals surface area (Å²) in [6.07, 6.45) is -13.2. The van der Waals surface area contributed by atoms with Gasteiger partial charge in [-0.3, -0.25) is 9.59 Å². The minimum absolute atomic E-state index is 0.0126. The molecule has 0 unspecified atom stereocenters. The van der Waals surface area contributed by atoms with E-state index in [9.17, 15) is 50.4 Å². The highest BCUT2D eigenvalue weighted by molar-refractivity contribution is 6.25. The van der Waals surface area contributed by atoms with E-state index in [0.717, 1.165) is 5.57 Å². The number of Topliss-reactive ketones (excluding diaryl/α,β-unsaturated/α-hetero) is 1. The van der Waals surface area contributed by atoms with Crippen molar-refractivity contribution in [2.75, 3.05) is 13.2 Å². The molecule has 2 fully saturated rings. The van der Waals surface area contributed by atoms with Crippen LogP contribution in [0.3, 0.4) is 0 Å². The van der Waals surface area contributed by atoms with Gasteiger partial charge in [-0.15, -0.1) is 0 Å². The van der Waals surface area contributed by atoms with Crippen molar-refractivity contribution in [3.8, 4) is 11.5 Å². The number of aliphatic hydroxyl groups is 8. The van der Waals surface area contributed by atoms with Crippen molar-refractivity contribution in [2.45, 2.75) is 81.2 Å². The molecule has 0 aromatic heterocycles. The van der Waals surface area contributed by atoms with Crippen LogP contribution in [-0.4, -0.2) is 127 Å². The largest absolute Gasteiger partial charge is 0.461 e. The Hall–Kier alpha value is -4.06. The Labute approximate surface area is 292 Å². The highest BCUT2D eigenvalue weighted by Crippen LogP contribution is 2.46. The minimum atomic E-state index is -1.80. The van der Waals surface area contributed by atoms with Crippen LogP contribution in [0, 0.1) is 0 Å². The first-order chi connectivity index (χ1) is 24.4. The van der Waals surface area contributed by atoms with E-state index in [-0.39, 0.29) is 33.8 Å². The highest BCUT2D eigenvalue weighted by Gasteiger charge is 2.47. The zero-order chi connectivity index (χ0) is 36.7. The predicted molar refractivity (Wildman–Crippen MR) is 178 cm³/mol. The topological polar surface area (TPSA) is 233 Å². The first-order valence-electron chi connectivity index (χ1n) is 16.4. The van der Waals surface area contributed by atoms with E-state index in [2.05, 4.69) is 0 Å². The molecule has 0 saturated carbocycles. The zero-order valence-electron chi connectivity index (χ0n) is 27.6. The van der Waals surface area contributed by atoms with Crippen LogP contribution in [0.15, 0.2) is 77.9 Å². The first kappa shape index (κ1) is 36.7. The van der Waals surface area contributed by atoms with E-state index < -0.39 is 92.1 Å². The fraction of sp³-hybridized carbons (Fsp3) is 0.405. The number of rotatable bonds is 9. The molecule has 272 valence electrons. The average molecular weight is 709 g/mol. The maximum absolute atomic E-state index is 14.1. The number of carbonyl (C=O) groups excluding carboxylic acids is 2. The molecule has 14 heteroatoms. The molecule has 3 aliphatic rings. The second-order valence-electron chi connectivity index (χ2n) is 13.0. The lowest BCUT2D eigenvalue weighted by atomic mass is 9.79. The third-order valence-corrected chi connectivity index (χ3v) is 9.32. The van der Waals surface area contributed by atoms with Crippen LogP contribution in [0.2, 0.25) is 0 Å². The quantitative estimate of drug-likeness (QED) is 0.139. The van der Waals surface area contributed by atoms with Crippen molar-refractivity contribution in [3.63, 3.8) is 0 Å². The van der Waals surface area contributed by atoms with Crippen molar-refractivity contribution in [3.05, 3.63) is 94.6 Å². The smallest absolute Gasteiger partial charge is 0.229 e. The molecule has 1 aliphatic carbocycles. The van der Waals surface area contributed by atoms with Crippen molar-refractivity contribution < 1.29 is 69.4 Å². The van der Waals surface area contributed by atoms with Gasteiger partial charge in [-0.2, -0.15) is 0 Å². The van der Waals surface area contributed by atoms with E-state index in [1.807, 2.05) is 0 Å². The van der Waals surface area contributed by atoms with Crippen LogP contribution in [0.5, 0.6) is 11.5 Å². The Balaban J connectivity index is 1.56. The number of carbonyl (C=O) groups is 2. The van der Waals surface area contributed by atoms with Crippen LogP contribution >= 0.6 is 0 Å². The summed E-state index contributed by atoms with van der Waals surface area (Å²) >= 11 is 0. The molecule has 14 nitrogen and oxygen atoms in total. The summed E-state index contributed by atoms with van der Waals surface area (Å²) in [6.45, 7) is 2.15. The summed E-state index contributed by atoms with van der Waals surface area (Å²) in [6, 6.07) is 14.4. The third kappa shape index (κ3) is 6.83. The lowest BCUT2D eigenvalue weighted by Gasteiger charge is -2.40. The predicted octanol–water partition coefficient (Wildman–Crippen LogP) is 0.253. The number of aliphatic hydroxyl groups excluding tert-OH is 8. The molecule has 3 aromatic rings. The van der Waals surface area contributed by atoms with Gasteiger partial charge in [0.25, 0.3) is 0 Å². The molecule has 6 rings (SSSR count). The van der Waals surface area contributed by atoms with Gasteiger partial charge in [-0.1, -0.05) is 60.2 Å². The van der Waals surface area contributed by atoms with Gasteiger partial charge < -0.3 is 59.8 Å². The fourth-order valence-electron chi connectivity index (χ4n) is 6.61. The van der Waals surface area contributed by atoms with E-state index in [0.29, 0.717) is 10.8 Å². The van der Waals surface area contributed by atoms with E-state index in [1.54, 1.807) is 68.5 Å². The van der Waals surface area contributed by atoms with Crippen LogP contribution in [0.25, 0.3) is 10.8 Å². The van der Waals surface area contributed by atoms with Gasteiger partial charge in [-0.05, 0) is 26.0 Å². The van der Waals surface area contributed by atoms with Gasteiger partial charge >= 0.3 is 0 Å². The van der Waals surface area contributed by atoms with E-state index in [1.165, 1.54) is 12.1 Å². The Kier molecular flexibility index (Phi) is 10.7. The Bertz CT molecular complexity index is 1850. The van der Waals surface area contributed by atoms with Crippen LogP contribution < -0.4 is 9.47 Å². The minimum Gasteiger partial charge on any atom is -0.461 e. The number of allylic oxidation sites excluding steroid dienone is 4. The van der Waals surface area contributed by atoms with E-state index in [4.69, 9.17) is 18.9 Å². The standard InChI is InChI=1S/C37H40O14/c1-16(2)11-21(22-12-24(40)17-7-3-5-9-19(17)28(22)41)23-13-25(48-36-33(46)31(44)29(42)26(14-38)49-36)18-8-4-6-10-20(18)35(23)51-37-34(47)32(45)30(43)27(15-39)50-37/h3-13,21,26-27,29-34,36-39,42-47H,14-15H2,1-2H3/t21-,26+,27+,29+,30+,31-,32-,33+,34+,36+,37-/m0/s1. The number of benzene rings is 3. The number of ketones is 2. The zero-order valence-corrected chi connectivity index (χ0v) is 27.6. The maximum Gasteiger partial charge on any atom is 0.229 e. The van der Waals surface area contributed by atoms with Crippen molar-refractivity contribution >= 4 is 22.3 Å². The molecular formula is C37H40O14. The second kappa shape index (κ2) is 14.9. The molecule has 0 amide bonds. The number of ether oxygens (including phenoxy) is 4. The Morgan fingerprint density at radius 3 is 1.82 bits per heavy atom. The molecule has 11 atom stereocenters. The molecule has 8 N–H and O–H groups in total. The maximum atomic E-state index is 14.1. The van der Waals surface area contributed by atoms with Gasteiger partial charge in [0.2, 0.25) is 12.6 Å². The molecule has 2 aliphatic heterocycles. The number of hydrogen-bond acceptors (Lipinski definition) is 14. The van der Waals surface area contributed by atoms with Crippen molar-refractivity contribution in [1.29, 1.82) is 0 Å². The summed E-state index contributed by atoms with van der Waals surface area (Å²) < 4.78 is 23.8. The monoisotopic (exact) mass is 708 g/mol. The molecule has 2 heterocycles. The molecule has 2 saturated heterocycles. The van der Waals surface area contributed by atoms with Gasteiger partial charge in [0.1, 0.15) is 60.3 Å². The van der Waals surface area contributed by atoms with Crippen LogP contribution in [0.1, 0.15) is 46.0 Å². The normalized spacial score (nSPS) is 31.5. The SMILES string of the molecule is CC(C)=C[C@@H](C1=CC(=O)c2ccccc2C1=O)c1cc(O[C@@H]2O[C@H](CO)[C@@H](O)[C@H](O)[C@H]2O)c2ccccc2c1O[C@@H]1O[C@H](CO)[C@@H](O)[C@H](O)[C@H]1O. The second-order valence-corrected chi connectivity index (χ2v) is 13.0. The van der Waals surface area contributed by atoms with Gasteiger partial charge in [-0.25, -0.2) is 0 Å². The van der Waals surface area contributed by atoms with Gasteiger partial charge in [0, 0.05) is 39.0 Å².